The molecule has 1 unspecified atom stereocenters. The standard InChI is InChI=1S/C18H17NO4/c19-10-13(20)11-22-14-6-7-15-16(21)9-17(23-18(15)8-14)12-4-2-1-3-5-12/h1-9,13,20H,10-11,19H2. The Morgan fingerprint density at radius 3 is 2.65 bits per heavy atom. The molecule has 118 valence electrons. The summed E-state index contributed by atoms with van der Waals surface area (Å²) in [6, 6.07) is 15.9. The molecule has 5 heteroatoms. The fourth-order valence-electron chi connectivity index (χ4n) is 2.23. The molecule has 5 nitrogen and oxygen atoms in total. The minimum Gasteiger partial charge on any atom is -0.491 e. The number of ether oxygens (including phenoxy) is 1. The van der Waals surface area contributed by atoms with Crippen molar-refractivity contribution in [2.45, 2.75) is 6.10 Å². The largest absolute Gasteiger partial charge is 0.491 e. The summed E-state index contributed by atoms with van der Waals surface area (Å²) in [7, 11) is 0. The Balaban J connectivity index is 1.99. The molecule has 0 fully saturated rings. The van der Waals surface area contributed by atoms with Crippen LogP contribution in [0, 0.1) is 0 Å². The van der Waals surface area contributed by atoms with E-state index in [0.717, 1.165) is 5.56 Å². The molecule has 23 heavy (non-hydrogen) atoms. The average molecular weight is 311 g/mol. The van der Waals surface area contributed by atoms with Gasteiger partial charge in [-0.1, -0.05) is 30.3 Å². The van der Waals surface area contributed by atoms with E-state index in [0.29, 0.717) is 22.5 Å². The van der Waals surface area contributed by atoms with Crippen molar-refractivity contribution in [2.24, 2.45) is 5.73 Å². The number of rotatable bonds is 5. The van der Waals surface area contributed by atoms with Crippen molar-refractivity contribution >= 4 is 11.0 Å². The maximum atomic E-state index is 12.2. The van der Waals surface area contributed by atoms with Gasteiger partial charge in [0.05, 0.1) is 5.39 Å². The Bertz CT molecular complexity index is 858. The van der Waals surface area contributed by atoms with E-state index in [1.54, 1.807) is 18.2 Å². The lowest BCUT2D eigenvalue weighted by molar-refractivity contribution is 0.114. The highest BCUT2D eigenvalue weighted by molar-refractivity contribution is 5.80. The van der Waals surface area contributed by atoms with Gasteiger partial charge < -0.3 is 20.0 Å². The lowest BCUT2D eigenvalue weighted by Crippen LogP contribution is -2.26. The molecule has 0 aliphatic rings. The van der Waals surface area contributed by atoms with E-state index in [9.17, 15) is 9.90 Å². The van der Waals surface area contributed by atoms with Gasteiger partial charge in [-0.25, -0.2) is 0 Å². The summed E-state index contributed by atoms with van der Waals surface area (Å²) in [4.78, 5) is 12.2. The van der Waals surface area contributed by atoms with E-state index < -0.39 is 6.10 Å². The van der Waals surface area contributed by atoms with Gasteiger partial charge in [0.25, 0.3) is 0 Å². The van der Waals surface area contributed by atoms with Crippen LogP contribution in [-0.2, 0) is 0 Å². The fourth-order valence-corrected chi connectivity index (χ4v) is 2.23. The predicted molar refractivity (Wildman–Crippen MR) is 88.5 cm³/mol. The summed E-state index contributed by atoms with van der Waals surface area (Å²) in [5.74, 6) is 1.01. The summed E-state index contributed by atoms with van der Waals surface area (Å²) in [6.07, 6.45) is -0.728. The smallest absolute Gasteiger partial charge is 0.193 e. The first-order valence-electron chi connectivity index (χ1n) is 7.31. The van der Waals surface area contributed by atoms with Gasteiger partial charge in [-0.2, -0.15) is 0 Å². The molecule has 1 heterocycles. The Labute approximate surface area is 132 Å². The van der Waals surface area contributed by atoms with Crippen molar-refractivity contribution in [2.75, 3.05) is 13.2 Å². The van der Waals surface area contributed by atoms with E-state index in [-0.39, 0.29) is 18.6 Å². The normalized spacial score (nSPS) is 12.3. The highest BCUT2D eigenvalue weighted by Gasteiger charge is 2.09. The van der Waals surface area contributed by atoms with Gasteiger partial charge in [-0.15, -0.1) is 0 Å². The Hall–Kier alpha value is -2.63. The van der Waals surface area contributed by atoms with Crippen molar-refractivity contribution in [1.82, 2.24) is 0 Å². The minimum atomic E-state index is -0.728. The number of hydrogen-bond donors (Lipinski definition) is 2. The molecule has 0 radical (unpaired) electrons. The van der Waals surface area contributed by atoms with Crippen LogP contribution in [0.1, 0.15) is 0 Å². The molecule has 1 aromatic heterocycles. The molecule has 0 bridgehead atoms. The fraction of sp³-hybridized carbons (Fsp3) is 0.167. The maximum Gasteiger partial charge on any atom is 0.193 e. The summed E-state index contributed by atoms with van der Waals surface area (Å²) in [5.41, 5.74) is 6.50. The number of hydrogen-bond acceptors (Lipinski definition) is 5. The number of aliphatic hydroxyl groups excluding tert-OH is 1. The zero-order valence-electron chi connectivity index (χ0n) is 12.4. The number of fused-ring (bicyclic) bond motifs is 1. The lowest BCUT2D eigenvalue weighted by Gasteiger charge is -2.10. The maximum absolute atomic E-state index is 12.2. The van der Waals surface area contributed by atoms with Crippen LogP contribution in [0.2, 0.25) is 0 Å². The molecule has 3 aromatic rings. The van der Waals surface area contributed by atoms with Crippen LogP contribution in [0.15, 0.2) is 63.8 Å². The molecule has 1 atom stereocenters. The van der Waals surface area contributed by atoms with Crippen LogP contribution >= 0.6 is 0 Å². The zero-order chi connectivity index (χ0) is 16.2. The molecule has 3 N–H and O–H groups in total. The SMILES string of the molecule is NCC(O)COc1ccc2c(=O)cc(-c3ccccc3)oc2c1. The Kier molecular flexibility index (Phi) is 4.41. The minimum absolute atomic E-state index is 0.0879. The van der Waals surface area contributed by atoms with Gasteiger partial charge in [0, 0.05) is 24.2 Å². The summed E-state index contributed by atoms with van der Waals surface area (Å²) < 4.78 is 11.3. The van der Waals surface area contributed by atoms with E-state index in [1.165, 1.54) is 6.07 Å². The molecule has 0 saturated carbocycles. The molecule has 0 spiro atoms. The third kappa shape index (κ3) is 3.41. The second-order valence-corrected chi connectivity index (χ2v) is 5.20. The van der Waals surface area contributed by atoms with Crippen LogP contribution < -0.4 is 15.9 Å². The van der Waals surface area contributed by atoms with Crippen LogP contribution in [0.3, 0.4) is 0 Å². The summed E-state index contributed by atoms with van der Waals surface area (Å²) >= 11 is 0. The van der Waals surface area contributed by atoms with Gasteiger partial charge >= 0.3 is 0 Å². The molecule has 2 aromatic carbocycles. The van der Waals surface area contributed by atoms with Gasteiger partial charge in [0.1, 0.15) is 29.8 Å². The zero-order valence-corrected chi connectivity index (χ0v) is 12.4. The topological polar surface area (TPSA) is 85.7 Å². The molecule has 0 aliphatic heterocycles. The van der Waals surface area contributed by atoms with Crippen molar-refractivity contribution < 1.29 is 14.3 Å². The number of benzene rings is 2. The molecular formula is C18H17NO4. The van der Waals surface area contributed by atoms with Gasteiger partial charge in [-0.3, -0.25) is 4.79 Å². The van der Waals surface area contributed by atoms with Crippen molar-refractivity contribution in [3.05, 3.63) is 64.8 Å². The van der Waals surface area contributed by atoms with E-state index in [1.807, 2.05) is 30.3 Å². The highest BCUT2D eigenvalue weighted by atomic mass is 16.5. The van der Waals surface area contributed by atoms with Crippen molar-refractivity contribution in [3.63, 3.8) is 0 Å². The number of aliphatic hydroxyl groups is 1. The van der Waals surface area contributed by atoms with Crippen LogP contribution in [0.4, 0.5) is 0 Å². The molecule has 0 aliphatic carbocycles. The summed E-state index contributed by atoms with van der Waals surface area (Å²) in [6.45, 7) is 0.214. The van der Waals surface area contributed by atoms with Crippen molar-refractivity contribution in [3.8, 4) is 17.1 Å². The first kappa shape index (κ1) is 15.3. The third-order valence-electron chi connectivity index (χ3n) is 3.47. The Morgan fingerprint density at radius 2 is 1.91 bits per heavy atom. The van der Waals surface area contributed by atoms with Gasteiger partial charge in [0.15, 0.2) is 5.43 Å². The third-order valence-corrected chi connectivity index (χ3v) is 3.47. The summed E-state index contributed by atoms with van der Waals surface area (Å²) in [5, 5.41) is 9.93. The van der Waals surface area contributed by atoms with E-state index in [2.05, 4.69) is 0 Å². The second kappa shape index (κ2) is 6.64. The van der Waals surface area contributed by atoms with Gasteiger partial charge in [0.2, 0.25) is 0 Å². The van der Waals surface area contributed by atoms with Gasteiger partial charge in [-0.05, 0) is 12.1 Å². The van der Waals surface area contributed by atoms with Crippen molar-refractivity contribution in [1.29, 1.82) is 0 Å². The van der Waals surface area contributed by atoms with E-state index >= 15 is 0 Å². The number of nitrogens with two attached hydrogens (primary N) is 1. The van der Waals surface area contributed by atoms with Crippen LogP contribution in [0.5, 0.6) is 5.75 Å². The average Bonchev–Trinajstić information content (AvgIpc) is 2.60. The quantitative estimate of drug-likeness (QED) is 0.754. The molecule has 0 amide bonds. The monoisotopic (exact) mass is 311 g/mol. The predicted octanol–water partition coefficient (Wildman–Crippen LogP) is 2.16. The first-order chi connectivity index (χ1) is 11.2. The molecular weight excluding hydrogens is 294 g/mol. The first-order valence-corrected chi connectivity index (χ1v) is 7.31. The van der Waals surface area contributed by atoms with Crippen LogP contribution in [0.25, 0.3) is 22.3 Å². The molecule has 0 saturated heterocycles. The van der Waals surface area contributed by atoms with Crippen LogP contribution in [-0.4, -0.2) is 24.4 Å². The highest BCUT2D eigenvalue weighted by Crippen LogP contribution is 2.24. The molecule has 3 rings (SSSR count). The lowest BCUT2D eigenvalue weighted by atomic mass is 10.1. The van der Waals surface area contributed by atoms with E-state index in [4.69, 9.17) is 14.9 Å². The second-order valence-electron chi connectivity index (χ2n) is 5.20. The Morgan fingerprint density at radius 1 is 1.13 bits per heavy atom.